The maximum absolute atomic E-state index is 13.2. The van der Waals surface area contributed by atoms with Gasteiger partial charge in [-0.25, -0.2) is 4.98 Å². The number of ether oxygens (including phenoxy) is 1. The quantitative estimate of drug-likeness (QED) is 0.710. The number of hydrogen-bond acceptors (Lipinski definition) is 6. The lowest BCUT2D eigenvalue weighted by Crippen LogP contribution is -2.28. The second-order valence-corrected chi connectivity index (χ2v) is 7.75. The van der Waals surface area contributed by atoms with E-state index in [1.165, 1.54) is 17.8 Å². The molecule has 5 rings (SSSR count). The minimum atomic E-state index is -0.0354. The first-order chi connectivity index (χ1) is 12.7. The Balaban J connectivity index is 1.75. The molecule has 3 aromatic rings. The smallest absolute Gasteiger partial charge is 0.261 e. The summed E-state index contributed by atoms with van der Waals surface area (Å²) in [7, 11) is 0. The van der Waals surface area contributed by atoms with Gasteiger partial charge in [-0.2, -0.15) is 0 Å². The highest BCUT2D eigenvalue weighted by Crippen LogP contribution is 2.36. The van der Waals surface area contributed by atoms with Gasteiger partial charge in [0.25, 0.3) is 5.56 Å². The molecule has 0 unspecified atom stereocenters. The summed E-state index contributed by atoms with van der Waals surface area (Å²) in [6.45, 7) is 3.37. The highest BCUT2D eigenvalue weighted by atomic mass is 32.1. The second kappa shape index (κ2) is 6.05. The fourth-order valence-corrected chi connectivity index (χ4v) is 4.28. The van der Waals surface area contributed by atoms with E-state index in [9.17, 15) is 4.79 Å². The summed E-state index contributed by atoms with van der Waals surface area (Å²) in [6, 6.07) is 1.86. The van der Waals surface area contributed by atoms with Crippen molar-refractivity contribution >= 4 is 11.3 Å². The Labute approximate surface area is 154 Å². The molecule has 2 aliphatic rings. The maximum atomic E-state index is 13.2. The lowest BCUT2D eigenvalue weighted by molar-refractivity contribution is 0.120. The van der Waals surface area contributed by atoms with Crippen LogP contribution in [0.1, 0.15) is 31.4 Å². The Morgan fingerprint density at radius 2 is 2.15 bits per heavy atom. The monoisotopic (exact) mass is 369 g/mol. The normalized spacial score (nSPS) is 16.5. The lowest BCUT2D eigenvalue weighted by atomic mass is 9.96. The number of nitrogens with zero attached hydrogens (tertiary/aromatic N) is 5. The van der Waals surface area contributed by atoms with Gasteiger partial charge in [0.1, 0.15) is 22.8 Å². The van der Waals surface area contributed by atoms with Gasteiger partial charge in [0.15, 0.2) is 5.82 Å². The maximum Gasteiger partial charge on any atom is 0.261 e. The van der Waals surface area contributed by atoms with E-state index in [4.69, 9.17) is 4.74 Å². The van der Waals surface area contributed by atoms with Crippen LogP contribution in [0.4, 0.5) is 0 Å². The van der Waals surface area contributed by atoms with Gasteiger partial charge >= 0.3 is 0 Å². The minimum Gasteiger partial charge on any atom is -0.488 e. The van der Waals surface area contributed by atoms with Crippen LogP contribution in [0.5, 0.6) is 5.75 Å². The number of thiazole rings is 1. The van der Waals surface area contributed by atoms with Crippen LogP contribution < -0.4 is 10.3 Å². The van der Waals surface area contributed by atoms with E-state index in [1.54, 1.807) is 10.9 Å². The van der Waals surface area contributed by atoms with Crippen LogP contribution in [-0.2, 0) is 13.1 Å². The van der Waals surface area contributed by atoms with Crippen LogP contribution in [0.25, 0.3) is 22.1 Å². The molecule has 0 N–H and O–H groups in total. The summed E-state index contributed by atoms with van der Waals surface area (Å²) in [4.78, 5) is 17.8. The van der Waals surface area contributed by atoms with Crippen molar-refractivity contribution in [3.63, 3.8) is 0 Å². The van der Waals surface area contributed by atoms with Crippen LogP contribution >= 0.6 is 11.3 Å². The van der Waals surface area contributed by atoms with E-state index >= 15 is 0 Å². The predicted molar refractivity (Wildman–Crippen MR) is 98.4 cm³/mol. The molecule has 3 aromatic heterocycles. The molecule has 0 aromatic carbocycles. The molecule has 1 fully saturated rings. The van der Waals surface area contributed by atoms with E-state index < -0.39 is 0 Å². The van der Waals surface area contributed by atoms with Crippen LogP contribution in [0.2, 0.25) is 0 Å². The number of fused-ring (bicyclic) bond motifs is 3. The van der Waals surface area contributed by atoms with Crippen molar-refractivity contribution in [2.45, 2.75) is 51.8 Å². The molecule has 134 valence electrons. The van der Waals surface area contributed by atoms with Crippen molar-refractivity contribution in [2.75, 3.05) is 0 Å². The summed E-state index contributed by atoms with van der Waals surface area (Å²) in [5.74, 6) is 1.42. The van der Waals surface area contributed by atoms with Gasteiger partial charge in [-0.05, 0) is 38.7 Å². The van der Waals surface area contributed by atoms with Crippen molar-refractivity contribution in [3.05, 3.63) is 33.8 Å². The zero-order valence-corrected chi connectivity index (χ0v) is 15.3. The molecule has 0 saturated heterocycles. The number of hydrogen-bond donors (Lipinski definition) is 0. The Hall–Kier alpha value is -2.48. The molecule has 0 radical (unpaired) electrons. The molecule has 1 saturated carbocycles. The van der Waals surface area contributed by atoms with E-state index in [0.29, 0.717) is 23.7 Å². The van der Waals surface area contributed by atoms with Crippen LogP contribution in [0, 0.1) is 6.92 Å². The van der Waals surface area contributed by atoms with Crippen LogP contribution in [0.15, 0.2) is 22.6 Å². The third-order valence-corrected chi connectivity index (χ3v) is 6.05. The van der Waals surface area contributed by atoms with Crippen molar-refractivity contribution < 1.29 is 4.74 Å². The van der Waals surface area contributed by atoms with Gasteiger partial charge in [-0.1, -0.05) is 0 Å². The number of rotatable bonds is 3. The largest absolute Gasteiger partial charge is 0.488 e. The molecular formula is C18H19N5O2S. The van der Waals surface area contributed by atoms with Gasteiger partial charge in [0, 0.05) is 24.2 Å². The lowest BCUT2D eigenvalue weighted by Gasteiger charge is -2.28. The first kappa shape index (κ1) is 15.7. The molecule has 0 spiro atoms. The van der Waals surface area contributed by atoms with Crippen molar-refractivity contribution in [1.82, 2.24) is 24.3 Å². The van der Waals surface area contributed by atoms with E-state index in [0.717, 1.165) is 42.2 Å². The molecule has 1 aliphatic heterocycles. The molecule has 1 aliphatic carbocycles. The van der Waals surface area contributed by atoms with Gasteiger partial charge < -0.3 is 13.9 Å². The Morgan fingerprint density at radius 3 is 2.88 bits per heavy atom. The zero-order valence-electron chi connectivity index (χ0n) is 14.5. The second-order valence-electron chi connectivity index (χ2n) is 6.89. The zero-order chi connectivity index (χ0) is 17.7. The van der Waals surface area contributed by atoms with Gasteiger partial charge in [-0.15, -0.1) is 21.5 Å². The molecular weight excluding hydrogens is 350 g/mol. The molecule has 0 atom stereocenters. The SMILES string of the molecule is Cc1csc(-c2cc(OC3CCC3)c3n(c2=O)CCCn2cnnc2-3)n1. The summed E-state index contributed by atoms with van der Waals surface area (Å²) in [6.07, 6.45) is 6.08. The molecule has 8 heteroatoms. The number of aryl methyl sites for hydroxylation is 2. The summed E-state index contributed by atoms with van der Waals surface area (Å²) >= 11 is 1.49. The van der Waals surface area contributed by atoms with Crippen LogP contribution in [0.3, 0.4) is 0 Å². The third-order valence-electron chi connectivity index (χ3n) is 5.06. The van der Waals surface area contributed by atoms with Crippen molar-refractivity contribution in [1.29, 1.82) is 0 Å². The Kier molecular flexibility index (Phi) is 3.66. The molecule has 0 bridgehead atoms. The highest BCUT2D eigenvalue weighted by molar-refractivity contribution is 7.13. The number of aromatic nitrogens is 5. The van der Waals surface area contributed by atoms with Crippen molar-refractivity contribution in [2.24, 2.45) is 0 Å². The molecule has 26 heavy (non-hydrogen) atoms. The van der Waals surface area contributed by atoms with E-state index in [2.05, 4.69) is 15.2 Å². The molecule has 7 nitrogen and oxygen atoms in total. The topological polar surface area (TPSA) is 74.8 Å². The summed E-state index contributed by atoms with van der Waals surface area (Å²) < 4.78 is 10.1. The summed E-state index contributed by atoms with van der Waals surface area (Å²) in [5.41, 5.74) is 2.24. The van der Waals surface area contributed by atoms with Gasteiger partial charge in [0.2, 0.25) is 0 Å². The predicted octanol–water partition coefficient (Wildman–Crippen LogP) is 2.87. The average molecular weight is 369 g/mol. The molecule has 4 heterocycles. The molecule has 0 amide bonds. The van der Waals surface area contributed by atoms with Crippen molar-refractivity contribution in [3.8, 4) is 27.8 Å². The first-order valence-electron chi connectivity index (χ1n) is 8.96. The fourth-order valence-electron chi connectivity index (χ4n) is 3.48. The summed E-state index contributed by atoms with van der Waals surface area (Å²) in [5, 5.41) is 11.0. The van der Waals surface area contributed by atoms with E-state index in [1.807, 2.05) is 22.9 Å². The third kappa shape index (κ3) is 2.47. The average Bonchev–Trinajstić information content (AvgIpc) is 3.18. The number of pyridine rings is 1. The van der Waals surface area contributed by atoms with E-state index in [-0.39, 0.29) is 11.7 Å². The minimum absolute atomic E-state index is 0.0354. The standard InChI is InChI=1S/C18H19N5O2S/c1-11-9-26-17(20-11)13-8-14(25-12-4-2-5-12)15-16-21-19-10-22(16)6-3-7-23(15)18(13)24/h8-10,12H,2-7H2,1H3. The van der Waals surface area contributed by atoms with Gasteiger partial charge in [-0.3, -0.25) is 4.79 Å². The van der Waals surface area contributed by atoms with Crippen LogP contribution in [-0.4, -0.2) is 30.4 Å². The fraction of sp³-hybridized carbons (Fsp3) is 0.444. The Bertz CT molecular complexity index is 1030. The van der Waals surface area contributed by atoms with Gasteiger partial charge in [0.05, 0.1) is 11.7 Å². The highest BCUT2D eigenvalue weighted by Gasteiger charge is 2.28. The Morgan fingerprint density at radius 1 is 1.27 bits per heavy atom. The first-order valence-corrected chi connectivity index (χ1v) is 9.84.